The monoisotopic (exact) mass is 290 g/mol. The summed E-state index contributed by atoms with van der Waals surface area (Å²) < 4.78 is 0. The molecule has 2 rings (SSSR count). The Labute approximate surface area is 125 Å². The molecule has 0 spiro atoms. The summed E-state index contributed by atoms with van der Waals surface area (Å²) in [6.07, 6.45) is 2.55. The lowest BCUT2D eigenvalue weighted by Gasteiger charge is -2.31. The fourth-order valence-electron chi connectivity index (χ4n) is 2.64. The smallest absolute Gasteiger partial charge is 0.326 e. The van der Waals surface area contributed by atoms with Gasteiger partial charge in [0.25, 0.3) is 0 Å². The van der Waals surface area contributed by atoms with E-state index in [1.807, 2.05) is 38.1 Å². The Morgan fingerprint density at radius 1 is 1.38 bits per heavy atom. The molecule has 0 aromatic heterocycles. The first kappa shape index (κ1) is 15.4. The van der Waals surface area contributed by atoms with Gasteiger partial charge in [0.05, 0.1) is 0 Å². The summed E-state index contributed by atoms with van der Waals surface area (Å²) in [7, 11) is 0. The lowest BCUT2D eigenvalue weighted by Crippen LogP contribution is -2.51. The zero-order valence-corrected chi connectivity index (χ0v) is 12.5. The quantitative estimate of drug-likeness (QED) is 0.895. The zero-order valence-electron chi connectivity index (χ0n) is 12.5. The number of urea groups is 1. The summed E-state index contributed by atoms with van der Waals surface area (Å²) in [6.45, 7) is 4.38. The Kier molecular flexibility index (Phi) is 4.83. The van der Waals surface area contributed by atoms with Crippen LogP contribution in [0.1, 0.15) is 32.3 Å². The average Bonchev–Trinajstić information content (AvgIpc) is 2.50. The van der Waals surface area contributed by atoms with Gasteiger partial charge in [-0.05, 0) is 30.4 Å². The topological polar surface area (TPSA) is 69.6 Å². The van der Waals surface area contributed by atoms with E-state index in [4.69, 9.17) is 0 Å². The number of carboxylic acids is 1. The number of benzene rings is 1. The second-order valence-corrected chi connectivity index (χ2v) is 5.53. The Morgan fingerprint density at radius 3 is 2.76 bits per heavy atom. The number of hydrogen-bond acceptors (Lipinski definition) is 2. The number of carboxylic acid groups (broad SMARTS) is 1. The van der Waals surface area contributed by atoms with Crippen molar-refractivity contribution in [2.75, 3.05) is 11.4 Å². The van der Waals surface area contributed by atoms with Crippen LogP contribution in [-0.2, 0) is 11.2 Å². The van der Waals surface area contributed by atoms with Crippen molar-refractivity contribution in [2.45, 2.75) is 39.2 Å². The second-order valence-electron chi connectivity index (χ2n) is 5.53. The number of amides is 2. The molecule has 0 saturated heterocycles. The van der Waals surface area contributed by atoms with Crippen molar-refractivity contribution in [1.82, 2.24) is 5.32 Å². The largest absolute Gasteiger partial charge is 0.480 e. The van der Waals surface area contributed by atoms with Gasteiger partial charge in [-0.2, -0.15) is 0 Å². The Hall–Kier alpha value is -2.04. The van der Waals surface area contributed by atoms with Gasteiger partial charge < -0.3 is 10.4 Å². The van der Waals surface area contributed by atoms with Crippen LogP contribution in [0.3, 0.4) is 0 Å². The molecular weight excluding hydrogens is 268 g/mol. The highest BCUT2D eigenvalue weighted by molar-refractivity contribution is 5.95. The first-order valence-electron chi connectivity index (χ1n) is 7.43. The molecule has 0 bridgehead atoms. The minimum atomic E-state index is -0.983. The average molecular weight is 290 g/mol. The van der Waals surface area contributed by atoms with Crippen molar-refractivity contribution >= 4 is 17.7 Å². The van der Waals surface area contributed by atoms with Gasteiger partial charge in [-0.3, -0.25) is 4.90 Å². The zero-order chi connectivity index (χ0) is 15.4. The number of rotatable bonds is 4. The maximum absolute atomic E-state index is 12.4. The fourth-order valence-corrected chi connectivity index (χ4v) is 2.64. The van der Waals surface area contributed by atoms with E-state index >= 15 is 0 Å². The van der Waals surface area contributed by atoms with E-state index in [1.54, 1.807) is 4.90 Å². The number of nitrogens with zero attached hydrogens (tertiary/aromatic N) is 1. The third-order valence-electron chi connectivity index (χ3n) is 4.11. The molecule has 21 heavy (non-hydrogen) atoms. The molecule has 5 nitrogen and oxygen atoms in total. The van der Waals surface area contributed by atoms with Crippen LogP contribution in [0.2, 0.25) is 0 Å². The van der Waals surface area contributed by atoms with E-state index in [2.05, 4.69) is 5.32 Å². The van der Waals surface area contributed by atoms with Gasteiger partial charge in [0.2, 0.25) is 0 Å². The van der Waals surface area contributed by atoms with Crippen LogP contribution in [-0.4, -0.2) is 29.7 Å². The highest BCUT2D eigenvalue weighted by Crippen LogP contribution is 2.26. The minimum Gasteiger partial charge on any atom is -0.480 e. The molecule has 5 heteroatoms. The van der Waals surface area contributed by atoms with Crippen molar-refractivity contribution in [3.05, 3.63) is 29.8 Å². The Bertz CT molecular complexity index is 530. The van der Waals surface area contributed by atoms with E-state index in [0.29, 0.717) is 13.0 Å². The highest BCUT2D eigenvalue weighted by Gasteiger charge is 2.29. The molecule has 0 saturated carbocycles. The predicted molar refractivity (Wildman–Crippen MR) is 81.5 cm³/mol. The van der Waals surface area contributed by atoms with E-state index in [1.165, 1.54) is 0 Å². The van der Waals surface area contributed by atoms with Crippen molar-refractivity contribution < 1.29 is 14.7 Å². The van der Waals surface area contributed by atoms with E-state index in [0.717, 1.165) is 24.1 Å². The molecule has 1 aliphatic heterocycles. The van der Waals surface area contributed by atoms with E-state index < -0.39 is 12.0 Å². The summed E-state index contributed by atoms with van der Waals surface area (Å²) in [5.41, 5.74) is 2.02. The minimum absolute atomic E-state index is 0.105. The lowest BCUT2D eigenvalue weighted by atomic mass is 9.99. The third-order valence-corrected chi connectivity index (χ3v) is 4.11. The van der Waals surface area contributed by atoms with Gasteiger partial charge in [0, 0.05) is 12.2 Å². The lowest BCUT2D eigenvalue weighted by molar-refractivity contribution is -0.140. The first-order valence-corrected chi connectivity index (χ1v) is 7.43. The summed E-state index contributed by atoms with van der Waals surface area (Å²) in [6, 6.07) is 6.60. The van der Waals surface area contributed by atoms with Gasteiger partial charge in [-0.25, -0.2) is 9.59 Å². The second kappa shape index (κ2) is 6.61. The molecule has 2 unspecified atom stereocenters. The maximum Gasteiger partial charge on any atom is 0.326 e. The maximum atomic E-state index is 12.4. The van der Waals surface area contributed by atoms with Gasteiger partial charge >= 0.3 is 12.0 Å². The highest BCUT2D eigenvalue weighted by atomic mass is 16.4. The summed E-state index contributed by atoms with van der Waals surface area (Å²) in [4.78, 5) is 25.4. The standard InChI is InChI=1S/C16H22N2O3/c1-3-11(2)14(15(19)20)17-16(21)18-10-6-8-12-7-4-5-9-13(12)18/h4-5,7,9,11,14H,3,6,8,10H2,1-2H3,(H,17,21)(H,19,20). The Balaban J connectivity index is 2.15. The van der Waals surface area contributed by atoms with Gasteiger partial charge in [0.15, 0.2) is 0 Å². The van der Waals surface area contributed by atoms with Crippen molar-refractivity contribution in [2.24, 2.45) is 5.92 Å². The molecule has 2 atom stereocenters. The number of aryl methyl sites for hydroxylation is 1. The molecule has 1 aromatic rings. The number of hydrogen-bond donors (Lipinski definition) is 2. The molecule has 1 aliphatic rings. The number of anilines is 1. The fraction of sp³-hybridized carbons (Fsp3) is 0.500. The third kappa shape index (κ3) is 3.35. The molecular formula is C16H22N2O3. The molecule has 0 aliphatic carbocycles. The van der Waals surface area contributed by atoms with Crippen LogP contribution in [0.4, 0.5) is 10.5 Å². The van der Waals surface area contributed by atoms with Gasteiger partial charge in [0.1, 0.15) is 6.04 Å². The summed E-state index contributed by atoms with van der Waals surface area (Å²) >= 11 is 0. The van der Waals surface area contributed by atoms with Gasteiger partial charge in [-0.1, -0.05) is 38.5 Å². The van der Waals surface area contributed by atoms with Gasteiger partial charge in [-0.15, -0.1) is 0 Å². The van der Waals surface area contributed by atoms with Crippen LogP contribution in [0.15, 0.2) is 24.3 Å². The van der Waals surface area contributed by atoms with Crippen LogP contribution < -0.4 is 10.2 Å². The number of fused-ring (bicyclic) bond motifs is 1. The predicted octanol–water partition coefficient (Wildman–Crippen LogP) is 2.65. The molecule has 1 heterocycles. The number of nitrogens with one attached hydrogen (secondary N) is 1. The van der Waals surface area contributed by atoms with E-state index in [-0.39, 0.29) is 11.9 Å². The van der Waals surface area contributed by atoms with Crippen molar-refractivity contribution in [1.29, 1.82) is 0 Å². The molecule has 2 amide bonds. The molecule has 114 valence electrons. The normalized spacial score (nSPS) is 16.8. The van der Waals surface area contributed by atoms with Crippen LogP contribution >= 0.6 is 0 Å². The molecule has 0 fully saturated rings. The number of para-hydroxylation sites is 1. The van der Waals surface area contributed by atoms with Crippen LogP contribution in [0.25, 0.3) is 0 Å². The van der Waals surface area contributed by atoms with Crippen molar-refractivity contribution in [3.63, 3.8) is 0 Å². The van der Waals surface area contributed by atoms with Crippen LogP contribution in [0.5, 0.6) is 0 Å². The summed E-state index contributed by atoms with van der Waals surface area (Å²) in [5.74, 6) is -1.09. The SMILES string of the molecule is CCC(C)C(NC(=O)N1CCCc2ccccc21)C(=O)O. The van der Waals surface area contributed by atoms with Crippen LogP contribution in [0, 0.1) is 5.92 Å². The molecule has 2 N–H and O–H groups in total. The molecule has 0 radical (unpaired) electrons. The number of carbonyl (C=O) groups excluding carboxylic acids is 1. The van der Waals surface area contributed by atoms with Crippen molar-refractivity contribution in [3.8, 4) is 0 Å². The Morgan fingerprint density at radius 2 is 2.10 bits per heavy atom. The summed E-state index contributed by atoms with van der Waals surface area (Å²) in [5, 5.41) is 11.9. The first-order chi connectivity index (χ1) is 10.0. The molecule has 1 aromatic carbocycles. The van der Waals surface area contributed by atoms with E-state index in [9.17, 15) is 14.7 Å². The number of aliphatic carboxylic acids is 1. The number of carbonyl (C=O) groups is 2.